The predicted molar refractivity (Wildman–Crippen MR) is 142 cm³/mol. The predicted octanol–water partition coefficient (Wildman–Crippen LogP) is 11.2. The molecule has 0 amide bonds. The van der Waals surface area contributed by atoms with Crippen LogP contribution < -0.4 is 0 Å². The van der Waals surface area contributed by atoms with Crippen LogP contribution in [0.5, 0.6) is 0 Å². The lowest BCUT2D eigenvalue weighted by atomic mass is 10.2. The van der Waals surface area contributed by atoms with Crippen molar-refractivity contribution in [3.05, 3.63) is 0 Å². The van der Waals surface area contributed by atoms with Crippen LogP contribution in [-0.4, -0.2) is 11.1 Å². The number of carboxylic acid groups (broad SMARTS) is 1. The molecule has 0 unspecified atom stereocenters. The summed E-state index contributed by atoms with van der Waals surface area (Å²) in [6, 6.07) is 0. The van der Waals surface area contributed by atoms with E-state index >= 15 is 0 Å². The maximum atomic E-state index is 9.60. The molecule has 0 aliphatic carbocycles. The third kappa shape index (κ3) is 91.9. The number of unbranched alkanes of at least 4 members (excludes halogenated alkanes) is 12. The van der Waals surface area contributed by atoms with Crippen molar-refractivity contribution in [2.75, 3.05) is 0 Å². The van der Waals surface area contributed by atoms with E-state index in [-0.39, 0.29) is 0 Å². The first-order chi connectivity index (χ1) is 14.4. The summed E-state index contributed by atoms with van der Waals surface area (Å²) in [5, 5.41) is 7.91. The molecule has 0 aliphatic heterocycles. The molecule has 0 aromatic rings. The monoisotopic (exact) mass is 432 g/mol. The lowest BCUT2D eigenvalue weighted by Gasteiger charge is -1.86. The summed E-state index contributed by atoms with van der Waals surface area (Å²) >= 11 is 0. The first-order valence-corrected chi connectivity index (χ1v) is 13.6. The minimum Gasteiger partial charge on any atom is -0.481 e. The molecular weight excluding hydrogens is 368 g/mol. The second-order valence-corrected chi connectivity index (χ2v) is 7.97. The van der Waals surface area contributed by atoms with Gasteiger partial charge in [-0.25, -0.2) is 0 Å². The molecule has 188 valence electrons. The molecule has 0 saturated heterocycles. The molecule has 0 heterocycles. The molecule has 0 aliphatic rings. The van der Waals surface area contributed by atoms with Crippen molar-refractivity contribution in [2.24, 2.45) is 0 Å². The fourth-order valence-electron chi connectivity index (χ4n) is 2.21. The Labute approximate surface area is 194 Å². The van der Waals surface area contributed by atoms with Crippen LogP contribution >= 0.6 is 0 Å². The van der Waals surface area contributed by atoms with Gasteiger partial charge in [-0.2, -0.15) is 0 Å². The summed E-state index contributed by atoms with van der Waals surface area (Å²) in [5.74, 6) is -0.711. The SMILES string of the molecule is CCCC(=O)O.CCCCCC.CCCCCC.CCCCCC.CCCCCC. The van der Waals surface area contributed by atoms with Gasteiger partial charge in [0.15, 0.2) is 0 Å². The van der Waals surface area contributed by atoms with E-state index in [1.165, 1.54) is 103 Å². The zero-order chi connectivity index (χ0) is 24.3. The van der Waals surface area contributed by atoms with Gasteiger partial charge in [-0.1, -0.05) is 165 Å². The maximum absolute atomic E-state index is 9.60. The van der Waals surface area contributed by atoms with Crippen LogP contribution in [0.2, 0.25) is 0 Å². The zero-order valence-electron chi connectivity index (χ0n) is 23.1. The minimum atomic E-state index is -0.711. The number of carboxylic acids is 1. The minimum absolute atomic E-state index is 0.292. The quantitative estimate of drug-likeness (QED) is 0.277. The van der Waals surface area contributed by atoms with Gasteiger partial charge in [-0.15, -0.1) is 0 Å². The van der Waals surface area contributed by atoms with Gasteiger partial charge in [0, 0.05) is 6.42 Å². The lowest BCUT2D eigenvalue weighted by molar-refractivity contribution is -0.137. The Morgan fingerprint density at radius 3 is 0.600 bits per heavy atom. The zero-order valence-corrected chi connectivity index (χ0v) is 23.1. The molecule has 0 radical (unpaired) electrons. The molecular formula is C28H64O2. The van der Waals surface area contributed by atoms with Crippen molar-refractivity contribution in [1.29, 1.82) is 0 Å². The average Bonchev–Trinajstić information content (AvgIpc) is 2.75. The Kier molecular flexibility index (Phi) is 68.2. The number of hydrogen-bond acceptors (Lipinski definition) is 1. The normalized spacial score (nSPS) is 8.83. The fourth-order valence-corrected chi connectivity index (χ4v) is 2.21. The van der Waals surface area contributed by atoms with Crippen molar-refractivity contribution in [1.82, 2.24) is 0 Å². The van der Waals surface area contributed by atoms with Crippen molar-refractivity contribution >= 4 is 5.97 Å². The largest absolute Gasteiger partial charge is 0.481 e. The topological polar surface area (TPSA) is 37.3 Å². The Hall–Kier alpha value is -0.530. The molecule has 0 fully saturated rings. The summed E-state index contributed by atoms with van der Waals surface area (Å²) < 4.78 is 0. The Balaban J connectivity index is -0.0000000868. The van der Waals surface area contributed by atoms with E-state index in [0.717, 1.165) is 6.42 Å². The van der Waals surface area contributed by atoms with E-state index in [4.69, 9.17) is 5.11 Å². The molecule has 30 heavy (non-hydrogen) atoms. The molecule has 0 spiro atoms. The van der Waals surface area contributed by atoms with Gasteiger partial charge in [0.05, 0.1) is 0 Å². The van der Waals surface area contributed by atoms with E-state index in [1.54, 1.807) is 0 Å². The van der Waals surface area contributed by atoms with Crippen molar-refractivity contribution in [3.63, 3.8) is 0 Å². The molecule has 0 aromatic heterocycles. The molecule has 2 nitrogen and oxygen atoms in total. The summed E-state index contributed by atoms with van der Waals surface area (Å²) in [6.07, 6.45) is 23.2. The van der Waals surface area contributed by atoms with Crippen LogP contribution in [0, 0.1) is 0 Å². The van der Waals surface area contributed by atoms with E-state index in [2.05, 4.69) is 55.4 Å². The molecule has 0 atom stereocenters. The number of hydrogen-bond donors (Lipinski definition) is 1. The van der Waals surface area contributed by atoms with Crippen LogP contribution in [0.15, 0.2) is 0 Å². The fraction of sp³-hybridized carbons (Fsp3) is 0.964. The van der Waals surface area contributed by atoms with Gasteiger partial charge >= 0.3 is 5.97 Å². The smallest absolute Gasteiger partial charge is 0.303 e. The second-order valence-electron chi connectivity index (χ2n) is 7.97. The van der Waals surface area contributed by atoms with Gasteiger partial charge in [0.25, 0.3) is 0 Å². The van der Waals surface area contributed by atoms with Gasteiger partial charge in [-0.3, -0.25) is 4.79 Å². The van der Waals surface area contributed by atoms with Gasteiger partial charge in [-0.05, 0) is 6.42 Å². The standard InChI is InChI=1S/4C6H14.C4H8O2/c4*1-3-5-6-4-2;1-2-3-4(5)6/h4*3-6H2,1-2H3;2-3H2,1H3,(H,5,6). The average molecular weight is 433 g/mol. The molecule has 1 N–H and O–H groups in total. The Bertz CT molecular complexity index is 179. The first kappa shape index (κ1) is 39.9. The Morgan fingerprint density at radius 2 is 0.567 bits per heavy atom. The summed E-state index contributed by atoms with van der Waals surface area (Å²) in [4.78, 5) is 9.60. The van der Waals surface area contributed by atoms with Crippen LogP contribution in [0.25, 0.3) is 0 Å². The third-order valence-corrected chi connectivity index (χ3v) is 4.29. The van der Waals surface area contributed by atoms with Gasteiger partial charge < -0.3 is 5.11 Å². The molecule has 2 heteroatoms. The molecule has 0 rings (SSSR count). The first-order valence-electron chi connectivity index (χ1n) is 13.6. The summed E-state index contributed by atoms with van der Waals surface area (Å²) in [6.45, 7) is 19.7. The maximum Gasteiger partial charge on any atom is 0.303 e. The molecule has 0 aromatic carbocycles. The molecule has 0 bridgehead atoms. The van der Waals surface area contributed by atoms with E-state index < -0.39 is 5.97 Å². The van der Waals surface area contributed by atoms with Gasteiger partial charge in [0.2, 0.25) is 0 Å². The highest BCUT2D eigenvalue weighted by Gasteiger charge is 1.87. The molecule has 0 saturated carbocycles. The summed E-state index contributed by atoms with van der Waals surface area (Å²) in [5.41, 5.74) is 0. The van der Waals surface area contributed by atoms with E-state index in [9.17, 15) is 4.79 Å². The highest BCUT2D eigenvalue weighted by Crippen LogP contribution is 1.97. The van der Waals surface area contributed by atoms with Crippen LogP contribution in [0.4, 0.5) is 0 Å². The van der Waals surface area contributed by atoms with Crippen molar-refractivity contribution < 1.29 is 9.90 Å². The van der Waals surface area contributed by atoms with Crippen molar-refractivity contribution in [3.8, 4) is 0 Å². The van der Waals surface area contributed by atoms with Crippen LogP contribution in [-0.2, 0) is 4.79 Å². The third-order valence-electron chi connectivity index (χ3n) is 4.29. The van der Waals surface area contributed by atoms with Gasteiger partial charge in [0.1, 0.15) is 0 Å². The van der Waals surface area contributed by atoms with Crippen molar-refractivity contribution in [2.45, 2.75) is 178 Å². The van der Waals surface area contributed by atoms with E-state index in [1.807, 2.05) is 6.92 Å². The van der Waals surface area contributed by atoms with E-state index in [0.29, 0.717) is 6.42 Å². The number of carbonyl (C=O) groups is 1. The second kappa shape index (κ2) is 51.3. The number of rotatable bonds is 14. The number of aliphatic carboxylic acids is 1. The Morgan fingerprint density at radius 1 is 0.400 bits per heavy atom. The lowest BCUT2D eigenvalue weighted by Crippen LogP contribution is -1.90. The highest BCUT2D eigenvalue weighted by molar-refractivity contribution is 5.66. The summed E-state index contributed by atoms with van der Waals surface area (Å²) in [7, 11) is 0. The van der Waals surface area contributed by atoms with Crippen LogP contribution in [0.3, 0.4) is 0 Å². The highest BCUT2D eigenvalue weighted by atomic mass is 16.4. The van der Waals surface area contributed by atoms with Crippen LogP contribution in [0.1, 0.15) is 178 Å².